The number of nitrogens with zero attached hydrogens (tertiary/aromatic N) is 4. The Bertz CT molecular complexity index is 665. The third kappa shape index (κ3) is 1.91. The molecule has 1 aromatic heterocycles. The number of aryl methyl sites for hydroxylation is 1. The van der Waals surface area contributed by atoms with Crippen LogP contribution in [0.5, 0.6) is 0 Å². The maximum absolute atomic E-state index is 9.34. The molecule has 0 saturated carbocycles. The molecule has 0 bridgehead atoms. The van der Waals surface area contributed by atoms with Crippen LogP contribution in [0, 0.1) is 11.3 Å². The molecule has 0 radical (unpaired) electrons. The Hall–Kier alpha value is -2.48. The van der Waals surface area contributed by atoms with E-state index in [-0.39, 0.29) is 0 Å². The molecule has 5 nitrogen and oxygen atoms in total. The quantitative estimate of drug-likeness (QED) is 0.842. The molecular formula is C14H15N5. The van der Waals surface area contributed by atoms with Gasteiger partial charge in [-0.05, 0) is 12.1 Å². The molecule has 0 fully saturated rings. The Morgan fingerprint density at radius 1 is 1.37 bits per heavy atom. The summed E-state index contributed by atoms with van der Waals surface area (Å²) in [6.07, 6.45) is 3.72. The van der Waals surface area contributed by atoms with Gasteiger partial charge in [-0.2, -0.15) is 10.4 Å². The van der Waals surface area contributed by atoms with Crippen molar-refractivity contribution in [1.82, 2.24) is 9.78 Å². The highest BCUT2D eigenvalue weighted by Gasteiger charge is 2.17. The van der Waals surface area contributed by atoms with E-state index in [2.05, 4.69) is 34.5 Å². The Morgan fingerprint density at radius 3 is 2.89 bits per heavy atom. The van der Waals surface area contributed by atoms with Crippen LogP contribution in [0.15, 0.2) is 24.5 Å². The molecule has 2 heterocycles. The lowest BCUT2D eigenvalue weighted by Crippen LogP contribution is -2.30. The number of fused-ring (bicyclic) bond motifs is 1. The molecule has 0 unspecified atom stereocenters. The van der Waals surface area contributed by atoms with Crippen LogP contribution < -0.4 is 10.2 Å². The Balaban J connectivity index is 2.19. The summed E-state index contributed by atoms with van der Waals surface area (Å²) in [5.74, 6) is 0. The number of nitrogens with one attached hydrogen (secondary N) is 1. The van der Waals surface area contributed by atoms with Crippen LogP contribution in [0.1, 0.15) is 5.56 Å². The normalized spacial score (nSPS) is 13.6. The van der Waals surface area contributed by atoms with Crippen LogP contribution in [0.2, 0.25) is 0 Å². The first kappa shape index (κ1) is 11.6. The minimum Gasteiger partial charge on any atom is -0.382 e. The van der Waals surface area contributed by atoms with Crippen LogP contribution >= 0.6 is 0 Å². The Morgan fingerprint density at radius 2 is 2.21 bits per heavy atom. The second-order valence-electron chi connectivity index (χ2n) is 4.78. The topological polar surface area (TPSA) is 56.9 Å². The van der Waals surface area contributed by atoms with Crippen LogP contribution in [0.4, 0.5) is 11.4 Å². The third-order valence-electron chi connectivity index (χ3n) is 3.45. The van der Waals surface area contributed by atoms with Gasteiger partial charge >= 0.3 is 0 Å². The first-order chi connectivity index (χ1) is 9.19. The molecule has 0 saturated heterocycles. The smallest absolute Gasteiger partial charge is 0.0999 e. The van der Waals surface area contributed by atoms with Crippen molar-refractivity contribution < 1.29 is 0 Å². The molecular weight excluding hydrogens is 238 g/mol. The van der Waals surface area contributed by atoms with Crippen molar-refractivity contribution in [2.75, 3.05) is 30.4 Å². The standard InChI is InChI=1S/C14H15N5/c1-18-4-3-16-13-5-10(7-15)12(6-14(13)18)11-8-17-19(2)9-11/h5-6,8-9,16H,3-4H2,1-2H3. The maximum Gasteiger partial charge on any atom is 0.0999 e. The summed E-state index contributed by atoms with van der Waals surface area (Å²) < 4.78 is 1.75. The van der Waals surface area contributed by atoms with E-state index in [1.807, 2.05) is 19.3 Å². The zero-order valence-corrected chi connectivity index (χ0v) is 11.0. The monoisotopic (exact) mass is 253 g/mol. The van der Waals surface area contributed by atoms with Crippen molar-refractivity contribution in [3.63, 3.8) is 0 Å². The van der Waals surface area contributed by atoms with Crippen LogP contribution in [-0.4, -0.2) is 29.9 Å². The summed E-state index contributed by atoms with van der Waals surface area (Å²) in [5.41, 5.74) is 4.74. The lowest BCUT2D eigenvalue weighted by atomic mass is 10.00. The Kier molecular flexibility index (Phi) is 2.64. The van der Waals surface area contributed by atoms with Gasteiger partial charge in [0.25, 0.3) is 0 Å². The molecule has 1 N–H and O–H groups in total. The predicted molar refractivity (Wildman–Crippen MR) is 75.1 cm³/mol. The minimum atomic E-state index is 0.676. The molecule has 5 heteroatoms. The van der Waals surface area contributed by atoms with Gasteiger partial charge in [-0.15, -0.1) is 0 Å². The molecule has 0 atom stereocenters. The van der Waals surface area contributed by atoms with Gasteiger partial charge in [0.1, 0.15) is 0 Å². The van der Waals surface area contributed by atoms with E-state index in [0.29, 0.717) is 5.56 Å². The lowest BCUT2D eigenvalue weighted by molar-refractivity contribution is 0.768. The van der Waals surface area contributed by atoms with E-state index in [4.69, 9.17) is 0 Å². The SMILES string of the molecule is CN1CCNc2cc(C#N)c(-c3cnn(C)c3)cc21. The summed E-state index contributed by atoms with van der Waals surface area (Å²) in [6, 6.07) is 6.26. The number of likely N-dealkylation sites (N-methyl/N-ethyl adjacent to an activating group) is 1. The van der Waals surface area contributed by atoms with E-state index in [1.54, 1.807) is 10.9 Å². The maximum atomic E-state index is 9.34. The van der Waals surface area contributed by atoms with E-state index >= 15 is 0 Å². The zero-order chi connectivity index (χ0) is 13.4. The average Bonchev–Trinajstić information content (AvgIpc) is 2.84. The largest absolute Gasteiger partial charge is 0.382 e. The molecule has 0 spiro atoms. The lowest BCUT2D eigenvalue weighted by Gasteiger charge is -2.29. The highest BCUT2D eigenvalue weighted by Crippen LogP contribution is 2.35. The molecule has 1 aliphatic heterocycles. The first-order valence-electron chi connectivity index (χ1n) is 6.21. The summed E-state index contributed by atoms with van der Waals surface area (Å²) in [7, 11) is 3.94. The van der Waals surface area contributed by atoms with Crippen molar-refractivity contribution in [2.24, 2.45) is 7.05 Å². The van der Waals surface area contributed by atoms with Crippen molar-refractivity contribution in [3.05, 3.63) is 30.1 Å². The summed E-state index contributed by atoms with van der Waals surface area (Å²) in [4.78, 5) is 2.20. The molecule has 1 aromatic carbocycles. The second kappa shape index (κ2) is 4.32. The number of hydrogen-bond donors (Lipinski definition) is 1. The van der Waals surface area contributed by atoms with Crippen LogP contribution in [-0.2, 0) is 7.05 Å². The molecule has 19 heavy (non-hydrogen) atoms. The fraction of sp³-hybridized carbons (Fsp3) is 0.286. The zero-order valence-electron chi connectivity index (χ0n) is 11.0. The van der Waals surface area contributed by atoms with Gasteiger partial charge in [0.05, 0.1) is 29.2 Å². The van der Waals surface area contributed by atoms with Crippen molar-refractivity contribution >= 4 is 11.4 Å². The van der Waals surface area contributed by atoms with E-state index in [1.165, 1.54) is 0 Å². The molecule has 0 aliphatic carbocycles. The number of benzene rings is 1. The summed E-state index contributed by atoms with van der Waals surface area (Å²) in [6.45, 7) is 1.87. The highest BCUT2D eigenvalue weighted by molar-refractivity contribution is 5.83. The number of hydrogen-bond acceptors (Lipinski definition) is 4. The molecule has 2 aromatic rings. The van der Waals surface area contributed by atoms with E-state index in [9.17, 15) is 5.26 Å². The minimum absolute atomic E-state index is 0.676. The van der Waals surface area contributed by atoms with Crippen LogP contribution in [0.25, 0.3) is 11.1 Å². The fourth-order valence-electron chi connectivity index (χ4n) is 2.42. The van der Waals surface area contributed by atoms with Gasteiger partial charge in [-0.25, -0.2) is 0 Å². The van der Waals surface area contributed by atoms with Crippen molar-refractivity contribution in [2.45, 2.75) is 0 Å². The van der Waals surface area contributed by atoms with Gasteiger partial charge < -0.3 is 10.2 Å². The van der Waals surface area contributed by atoms with Crippen molar-refractivity contribution in [1.29, 1.82) is 5.26 Å². The van der Waals surface area contributed by atoms with E-state index in [0.717, 1.165) is 35.6 Å². The molecule has 3 rings (SSSR count). The van der Waals surface area contributed by atoms with Gasteiger partial charge in [0, 0.05) is 44.5 Å². The average molecular weight is 253 g/mol. The Labute approximate surface area is 112 Å². The molecule has 0 amide bonds. The number of aromatic nitrogens is 2. The number of nitriles is 1. The van der Waals surface area contributed by atoms with Gasteiger partial charge in [-0.3, -0.25) is 4.68 Å². The first-order valence-corrected chi connectivity index (χ1v) is 6.21. The molecule has 96 valence electrons. The van der Waals surface area contributed by atoms with Gasteiger partial charge in [0.15, 0.2) is 0 Å². The fourth-order valence-corrected chi connectivity index (χ4v) is 2.42. The predicted octanol–water partition coefficient (Wildman–Crippen LogP) is 1.82. The molecule has 1 aliphatic rings. The number of rotatable bonds is 1. The van der Waals surface area contributed by atoms with Crippen molar-refractivity contribution in [3.8, 4) is 17.2 Å². The highest BCUT2D eigenvalue weighted by atomic mass is 15.2. The van der Waals surface area contributed by atoms with Gasteiger partial charge in [-0.1, -0.05) is 0 Å². The second-order valence-corrected chi connectivity index (χ2v) is 4.78. The third-order valence-corrected chi connectivity index (χ3v) is 3.45. The summed E-state index contributed by atoms with van der Waals surface area (Å²) in [5, 5.41) is 16.9. The van der Waals surface area contributed by atoms with E-state index < -0.39 is 0 Å². The number of anilines is 2. The van der Waals surface area contributed by atoms with Gasteiger partial charge in [0.2, 0.25) is 0 Å². The summed E-state index contributed by atoms with van der Waals surface area (Å²) >= 11 is 0. The van der Waals surface area contributed by atoms with Crippen LogP contribution in [0.3, 0.4) is 0 Å².